The Labute approximate surface area is 146 Å². The van der Waals surface area contributed by atoms with Crippen LogP contribution in [0.15, 0.2) is 12.3 Å². The van der Waals surface area contributed by atoms with Crippen molar-refractivity contribution in [2.24, 2.45) is 11.8 Å². The number of ether oxygens (including phenoxy) is 2. The molecule has 2 aromatic heterocycles. The van der Waals surface area contributed by atoms with Crippen LogP contribution in [0, 0.1) is 11.8 Å². The second-order valence-corrected chi connectivity index (χ2v) is 6.62. The van der Waals surface area contributed by atoms with Gasteiger partial charge >= 0.3 is 6.01 Å². The fraction of sp³-hybridized carbons (Fsp3) is 0.500. The van der Waals surface area contributed by atoms with Gasteiger partial charge in [-0.3, -0.25) is 4.79 Å². The van der Waals surface area contributed by atoms with Gasteiger partial charge in [0.25, 0.3) is 0 Å². The first-order chi connectivity index (χ1) is 12.0. The molecule has 2 atom stereocenters. The van der Waals surface area contributed by atoms with E-state index >= 15 is 0 Å². The van der Waals surface area contributed by atoms with Gasteiger partial charge in [-0.05, 0) is 35.8 Å². The van der Waals surface area contributed by atoms with Gasteiger partial charge in [0.1, 0.15) is 11.4 Å². The summed E-state index contributed by atoms with van der Waals surface area (Å²) >= 11 is 0. The molecule has 3 rings (SSSR count). The van der Waals surface area contributed by atoms with Crippen LogP contribution in [0.3, 0.4) is 0 Å². The average Bonchev–Trinajstić information content (AvgIpc) is 3.41. The number of carbonyl (C=O) groups is 1. The van der Waals surface area contributed by atoms with Crippen LogP contribution in [-0.2, 0) is 0 Å². The zero-order valence-corrected chi connectivity index (χ0v) is 15.1. The molecule has 0 spiro atoms. The van der Waals surface area contributed by atoms with Crippen molar-refractivity contribution in [1.29, 1.82) is 0 Å². The predicted octanol–water partition coefficient (Wildman–Crippen LogP) is 2.91. The minimum Gasteiger partial charge on any atom is -0.480 e. The number of aromatic nitrogens is 4. The Hall–Kier alpha value is -2.57. The molecule has 2 aromatic rings. The van der Waals surface area contributed by atoms with Crippen molar-refractivity contribution in [3.8, 4) is 23.1 Å². The fourth-order valence-corrected chi connectivity index (χ4v) is 3.18. The molecule has 0 bridgehead atoms. The smallest absolute Gasteiger partial charge is 0.319 e. The van der Waals surface area contributed by atoms with E-state index in [0.717, 1.165) is 12.0 Å². The lowest BCUT2D eigenvalue weighted by Gasteiger charge is -2.11. The summed E-state index contributed by atoms with van der Waals surface area (Å²) in [5.74, 6) is 1.78. The maximum Gasteiger partial charge on any atom is 0.319 e. The molecule has 0 unspecified atom stereocenters. The van der Waals surface area contributed by atoms with Gasteiger partial charge in [-0.2, -0.15) is 4.98 Å². The SMILES string of the molecule is COc1ncc(-c2cc([C@H]3C[C@@H]3C(C)C)c(C(C)=O)nn2)c(OC)n1. The summed E-state index contributed by atoms with van der Waals surface area (Å²) in [4.78, 5) is 20.3. The number of hydrogen-bond donors (Lipinski definition) is 0. The summed E-state index contributed by atoms with van der Waals surface area (Å²) in [6.45, 7) is 5.93. The lowest BCUT2D eigenvalue weighted by atomic mass is 9.99. The van der Waals surface area contributed by atoms with Crippen LogP contribution in [0.4, 0.5) is 0 Å². The van der Waals surface area contributed by atoms with Crippen molar-refractivity contribution in [1.82, 2.24) is 20.2 Å². The second kappa shape index (κ2) is 6.74. The highest BCUT2D eigenvalue weighted by atomic mass is 16.5. The molecule has 7 nitrogen and oxygen atoms in total. The van der Waals surface area contributed by atoms with Gasteiger partial charge in [-0.25, -0.2) is 4.98 Å². The maximum atomic E-state index is 12.0. The number of methoxy groups -OCH3 is 2. The van der Waals surface area contributed by atoms with E-state index in [1.54, 1.807) is 6.20 Å². The fourth-order valence-electron chi connectivity index (χ4n) is 3.18. The van der Waals surface area contributed by atoms with Crippen LogP contribution < -0.4 is 9.47 Å². The highest BCUT2D eigenvalue weighted by Crippen LogP contribution is 2.52. The minimum atomic E-state index is -0.0681. The molecule has 0 amide bonds. The average molecular weight is 342 g/mol. The lowest BCUT2D eigenvalue weighted by molar-refractivity contribution is 0.101. The molecule has 1 aliphatic rings. The molecule has 1 saturated carbocycles. The third-order valence-electron chi connectivity index (χ3n) is 4.64. The number of rotatable bonds is 6. The Kier molecular flexibility index (Phi) is 4.65. The molecule has 2 heterocycles. The number of carbonyl (C=O) groups excluding carboxylic acids is 1. The third kappa shape index (κ3) is 3.31. The molecule has 25 heavy (non-hydrogen) atoms. The second-order valence-electron chi connectivity index (χ2n) is 6.62. The Balaban J connectivity index is 2.05. The first-order valence-corrected chi connectivity index (χ1v) is 8.30. The first-order valence-electron chi connectivity index (χ1n) is 8.30. The zero-order valence-electron chi connectivity index (χ0n) is 15.1. The van der Waals surface area contributed by atoms with Crippen LogP contribution in [-0.4, -0.2) is 40.2 Å². The molecule has 1 aliphatic carbocycles. The summed E-state index contributed by atoms with van der Waals surface area (Å²) in [5, 5.41) is 8.39. The largest absolute Gasteiger partial charge is 0.480 e. The molecule has 0 aliphatic heterocycles. The summed E-state index contributed by atoms with van der Waals surface area (Å²) in [6, 6.07) is 2.14. The Morgan fingerprint density at radius 1 is 1.24 bits per heavy atom. The van der Waals surface area contributed by atoms with E-state index in [-0.39, 0.29) is 11.8 Å². The van der Waals surface area contributed by atoms with Crippen molar-refractivity contribution >= 4 is 5.78 Å². The van der Waals surface area contributed by atoms with Crippen molar-refractivity contribution in [2.75, 3.05) is 14.2 Å². The summed E-state index contributed by atoms with van der Waals surface area (Å²) in [6.07, 6.45) is 2.66. The summed E-state index contributed by atoms with van der Waals surface area (Å²) in [5.41, 5.74) is 2.61. The van der Waals surface area contributed by atoms with E-state index in [0.29, 0.717) is 40.6 Å². The minimum absolute atomic E-state index is 0.0681. The Morgan fingerprint density at radius 2 is 2.00 bits per heavy atom. The molecule has 0 radical (unpaired) electrons. The number of nitrogens with zero attached hydrogens (tertiary/aromatic N) is 4. The van der Waals surface area contributed by atoms with Crippen molar-refractivity contribution in [2.45, 2.75) is 33.1 Å². The quantitative estimate of drug-likeness (QED) is 0.746. The predicted molar refractivity (Wildman–Crippen MR) is 91.9 cm³/mol. The van der Waals surface area contributed by atoms with Crippen LogP contribution >= 0.6 is 0 Å². The number of hydrogen-bond acceptors (Lipinski definition) is 7. The molecule has 1 fully saturated rings. The van der Waals surface area contributed by atoms with Gasteiger partial charge in [0.2, 0.25) is 5.88 Å². The Bertz CT molecular complexity index is 807. The van der Waals surface area contributed by atoms with Gasteiger partial charge in [0, 0.05) is 13.1 Å². The van der Waals surface area contributed by atoms with Crippen molar-refractivity contribution in [3.63, 3.8) is 0 Å². The van der Waals surface area contributed by atoms with Crippen LogP contribution in [0.1, 0.15) is 49.2 Å². The van der Waals surface area contributed by atoms with E-state index in [2.05, 4.69) is 34.0 Å². The number of Topliss-reactive ketones (excluding diaryl/α,β-unsaturated/α-hetero) is 1. The Morgan fingerprint density at radius 3 is 2.56 bits per heavy atom. The first kappa shape index (κ1) is 17.3. The monoisotopic (exact) mass is 342 g/mol. The van der Waals surface area contributed by atoms with E-state index in [1.165, 1.54) is 21.1 Å². The highest BCUT2D eigenvalue weighted by molar-refractivity contribution is 5.94. The summed E-state index contributed by atoms with van der Waals surface area (Å²) < 4.78 is 10.4. The van der Waals surface area contributed by atoms with Gasteiger partial charge in [-0.1, -0.05) is 13.8 Å². The van der Waals surface area contributed by atoms with Crippen LogP contribution in [0.25, 0.3) is 11.3 Å². The van der Waals surface area contributed by atoms with Crippen LogP contribution in [0.2, 0.25) is 0 Å². The molecular weight excluding hydrogens is 320 g/mol. The van der Waals surface area contributed by atoms with Gasteiger partial charge < -0.3 is 9.47 Å². The topological polar surface area (TPSA) is 87.1 Å². The van der Waals surface area contributed by atoms with E-state index < -0.39 is 0 Å². The van der Waals surface area contributed by atoms with E-state index in [9.17, 15) is 4.79 Å². The molecule has 0 saturated heterocycles. The summed E-state index contributed by atoms with van der Waals surface area (Å²) in [7, 11) is 3.02. The molecule has 132 valence electrons. The lowest BCUT2D eigenvalue weighted by Crippen LogP contribution is -2.07. The molecule has 0 N–H and O–H groups in total. The zero-order chi connectivity index (χ0) is 18.1. The van der Waals surface area contributed by atoms with Crippen molar-refractivity contribution in [3.05, 3.63) is 23.5 Å². The highest BCUT2D eigenvalue weighted by Gasteiger charge is 2.42. The normalized spacial score (nSPS) is 19.0. The van der Waals surface area contributed by atoms with Gasteiger partial charge in [-0.15, -0.1) is 10.2 Å². The van der Waals surface area contributed by atoms with Crippen molar-refractivity contribution < 1.29 is 14.3 Å². The van der Waals surface area contributed by atoms with E-state index in [4.69, 9.17) is 9.47 Å². The molecule has 7 heteroatoms. The van der Waals surface area contributed by atoms with Crippen LogP contribution in [0.5, 0.6) is 11.9 Å². The third-order valence-corrected chi connectivity index (χ3v) is 4.64. The van der Waals surface area contributed by atoms with Gasteiger partial charge in [0.15, 0.2) is 5.78 Å². The number of ketones is 1. The standard InChI is InChI=1S/C18H22N4O3/c1-9(2)11-6-12(11)13-7-15(21-22-16(13)10(3)23)14-8-19-18(25-5)20-17(14)24-4/h7-9,11-12H,6H2,1-5H3/t11-,12+/m1/s1. The van der Waals surface area contributed by atoms with E-state index in [1.807, 2.05) is 6.07 Å². The van der Waals surface area contributed by atoms with Gasteiger partial charge in [0.05, 0.1) is 19.8 Å². The molecular formula is C18H22N4O3. The molecule has 0 aromatic carbocycles. The maximum absolute atomic E-state index is 12.0.